The van der Waals surface area contributed by atoms with Gasteiger partial charge in [0.15, 0.2) is 23.2 Å². The zero-order valence-electron chi connectivity index (χ0n) is 18.3. The van der Waals surface area contributed by atoms with E-state index >= 15 is 0 Å². The van der Waals surface area contributed by atoms with E-state index in [9.17, 15) is 14.8 Å². The van der Waals surface area contributed by atoms with Crippen LogP contribution in [0.1, 0.15) is 18.2 Å². The molecule has 184 valence electrons. The van der Waals surface area contributed by atoms with Gasteiger partial charge >= 0.3 is 7.60 Å². The molecule has 0 amide bonds. The van der Waals surface area contributed by atoms with Crippen LogP contribution in [0.3, 0.4) is 0 Å². The van der Waals surface area contributed by atoms with Gasteiger partial charge in [0, 0.05) is 6.54 Å². The third kappa shape index (κ3) is 4.89. The maximum atomic E-state index is 11.2. The molecule has 13 heteroatoms. The van der Waals surface area contributed by atoms with Crippen molar-refractivity contribution in [2.75, 3.05) is 11.5 Å². The first-order chi connectivity index (χ1) is 16.7. The Hall–Kier alpha value is -2.63. The van der Waals surface area contributed by atoms with Crippen LogP contribution in [-0.4, -0.2) is 64.0 Å². The van der Waals surface area contributed by atoms with E-state index in [1.165, 1.54) is 10.9 Å². The summed E-state index contributed by atoms with van der Waals surface area (Å²) in [5.74, 6) is 0.387. The van der Waals surface area contributed by atoms with Gasteiger partial charge in [0.05, 0.1) is 18.6 Å². The van der Waals surface area contributed by atoms with Gasteiger partial charge in [-0.1, -0.05) is 42.5 Å². The molecule has 1 saturated heterocycles. The topological polar surface area (TPSA) is 163 Å². The molecule has 2 aromatic carbocycles. The highest BCUT2D eigenvalue weighted by Gasteiger charge is 2.44. The summed E-state index contributed by atoms with van der Waals surface area (Å²) in [6.07, 6.45) is -3.96. The number of nitrogens with zero attached hydrogens (tertiary/aromatic N) is 4. The van der Waals surface area contributed by atoms with E-state index in [-0.39, 0.29) is 17.4 Å². The molecule has 1 aliphatic rings. The fourth-order valence-corrected chi connectivity index (χ4v) is 5.07. The molecule has 0 spiro atoms. The van der Waals surface area contributed by atoms with Crippen molar-refractivity contribution in [3.05, 3.63) is 59.6 Å². The van der Waals surface area contributed by atoms with Crippen molar-refractivity contribution in [2.24, 2.45) is 0 Å². The number of hydrogen-bond acceptors (Lipinski definition) is 8. The van der Waals surface area contributed by atoms with Crippen LogP contribution in [0.15, 0.2) is 48.8 Å². The largest absolute Gasteiger partial charge is 0.388 e. The van der Waals surface area contributed by atoms with Crippen molar-refractivity contribution in [1.82, 2.24) is 19.5 Å². The Bertz CT molecular complexity index is 1420. The number of anilines is 1. The molecule has 0 saturated carbocycles. The molecule has 5 N–H and O–H groups in total. The monoisotopic (exact) mass is 519 g/mol. The molecule has 4 unspecified atom stereocenters. The van der Waals surface area contributed by atoms with Crippen molar-refractivity contribution in [3.8, 4) is 0 Å². The van der Waals surface area contributed by atoms with Gasteiger partial charge in [-0.3, -0.25) is 9.13 Å². The summed E-state index contributed by atoms with van der Waals surface area (Å²) in [5, 5.41) is 26.4. The first-order valence-corrected chi connectivity index (χ1v) is 13.1. The molecular formula is C22H23ClN5O6P. The zero-order valence-corrected chi connectivity index (χ0v) is 19.9. The number of hydrogen-bond donors (Lipinski definition) is 5. The molecule has 5 rings (SSSR count). The van der Waals surface area contributed by atoms with Gasteiger partial charge in [-0.15, -0.1) is 0 Å². The second kappa shape index (κ2) is 9.44. The van der Waals surface area contributed by atoms with Crippen molar-refractivity contribution in [3.63, 3.8) is 0 Å². The Balaban J connectivity index is 1.41. The number of halogens is 1. The number of aromatic nitrogens is 4. The van der Waals surface area contributed by atoms with E-state index in [2.05, 4.69) is 20.3 Å². The van der Waals surface area contributed by atoms with Crippen molar-refractivity contribution >= 4 is 47.0 Å². The summed E-state index contributed by atoms with van der Waals surface area (Å²) < 4.78 is 18.4. The summed E-state index contributed by atoms with van der Waals surface area (Å²) in [6.45, 7) is 0.447. The minimum atomic E-state index is -4.28. The maximum absolute atomic E-state index is 11.2. The predicted molar refractivity (Wildman–Crippen MR) is 129 cm³/mol. The van der Waals surface area contributed by atoms with Crippen molar-refractivity contribution in [2.45, 2.75) is 37.5 Å². The molecule has 1 aliphatic heterocycles. The smallest absolute Gasteiger partial charge is 0.325 e. The number of benzene rings is 2. The average Bonchev–Trinajstić information content (AvgIpc) is 3.36. The standard InChI is InChI=1S/C22H23ClN5O6P/c23-22-26-19(24-10-13-6-3-5-12-4-1-2-7-14(12)13)16-20(27-22)28(11-25-16)21-18(30)17(29)15(34-21)8-9-35(31,32)33/h1-7,11,15,17-18,21,29-30H,8-10H2,(H,24,26,27)(H2,31,32,33). The van der Waals surface area contributed by atoms with Crippen molar-refractivity contribution in [1.29, 1.82) is 0 Å². The first kappa shape index (κ1) is 24.1. The summed E-state index contributed by atoms with van der Waals surface area (Å²) in [6, 6.07) is 14.1. The van der Waals surface area contributed by atoms with Gasteiger partial charge in [0.1, 0.15) is 12.2 Å². The molecule has 35 heavy (non-hydrogen) atoms. The number of aliphatic hydroxyl groups excluding tert-OH is 2. The summed E-state index contributed by atoms with van der Waals surface area (Å²) in [4.78, 5) is 31.1. The number of rotatable bonds is 7. The molecule has 1 fully saturated rings. The minimum Gasteiger partial charge on any atom is -0.388 e. The van der Waals surface area contributed by atoms with Gasteiger partial charge in [-0.2, -0.15) is 9.97 Å². The molecule has 4 atom stereocenters. The number of nitrogens with one attached hydrogen (secondary N) is 1. The SMILES string of the molecule is O=P(O)(O)CCC1OC(n2cnc3c(NCc4cccc5ccccc45)nc(Cl)nc32)C(O)C1O. The Labute approximate surface area is 204 Å². The van der Waals surface area contributed by atoms with E-state index < -0.39 is 38.3 Å². The molecule has 3 heterocycles. The van der Waals surface area contributed by atoms with E-state index in [0.29, 0.717) is 17.9 Å². The van der Waals surface area contributed by atoms with Crippen molar-refractivity contribution < 1.29 is 29.3 Å². The van der Waals surface area contributed by atoms with E-state index in [4.69, 9.17) is 26.1 Å². The third-order valence-corrected chi connectivity index (χ3v) is 7.05. The third-order valence-electron chi connectivity index (χ3n) is 6.04. The van der Waals surface area contributed by atoms with Crippen LogP contribution in [-0.2, 0) is 15.8 Å². The summed E-state index contributed by atoms with van der Waals surface area (Å²) in [7, 11) is -4.28. The lowest BCUT2D eigenvalue weighted by molar-refractivity contribution is -0.0355. The summed E-state index contributed by atoms with van der Waals surface area (Å²) in [5.41, 5.74) is 1.71. The lowest BCUT2D eigenvalue weighted by Gasteiger charge is -2.17. The highest BCUT2D eigenvalue weighted by atomic mass is 35.5. The molecule has 0 aliphatic carbocycles. The first-order valence-electron chi connectivity index (χ1n) is 10.9. The molecular weight excluding hydrogens is 497 g/mol. The average molecular weight is 520 g/mol. The Morgan fingerprint density at radius 3 is 2.66 bits per heavy atom. The lowest BCUT2D eigenvalue weighted by atomic mass is 10.0. The van der Waals surface area contributed by atoms with Crippen LogP contribution < -0.4 is 5.32 Å². The van der Waals surface area contributed by atoms with Crippen LogP contribution in [0.5, 0.6) is 0 Å². The number of fused-ring (bicyclic) bond motifs is 2. The Kier molecular flexibility index (Phi) is 6.49. The van der Waals surface area contributed by atoms with E-state index in [1.807, 2.05) is 42.5 Å². The van der Waals surface area contributed by atoms with E-state index in [1.54, 1.807) is 0 Å². The van der Waals surface area contributed by atoms with Crippen LogP contribution in [0, 0.1) is 0 Å². The predicted octanol–water partition coefficient (Wildman–Crippen LogP) is 2.43. The minimum absolute atomic E-state index is 0.0502. The number of aliphatic hydroxyl groups is 2. The second-order valence-corrected chi connectivity index (χ2v) is 10.5. The Morgan fingerprint density at radius 1 is 1.09 bits per heavy atom. The van der Waals surface area contributed by atoms with E-state index in [0.717, 1.165) is 16.3 Å². The molecule has 4 aromatic rings. The second-order valence-electron chi connectivity index (χ2n) is 8.38. The molecule has 0 radical (unpaired) electrons. The van der Waals surface area contributed by atoms with Gasteiger partial charge in [-0.05, 0) is 34.4 Å². The van der Waals surface area contributed by atoms with Crippen LogP contribution in [0.25, 0.3) is 21.9 Å². The molecule has 2 aromatic heterocycles. The lowest BCUT2D eigenvalue weighted by Crippen LogP contribution is -2.31. The maximum Gasteiger partial charge on any atom is 0.325 e. The highest BCUT2D eigenvalue weighted by Crippen LogP contribution is 2.39. The van der Waals surface area contributed by atoms with Gasteiger partial charge < -0.3 is 30.1 Å². The normalized spacial score (nSPS) is 22.8. The highest BCUT2D eigenvalue weighted by molar-refractivity contribution is 7.51. The van der Waals surface area contributed by atoms with Crippen LogP contribution in [0.4, 0.5) is 5.82 Å². The fourth-order valence-electron chi connectivity index (χ4n) is 4.32. The molecule has 0 bridgehead atoms. The van der Waals surface area contributed by atoms with Gasteiger partial charge in [-0.25, -0.2) is 4.98 Å². The number of ether oxygens (including phenoxy) is 1. The Morgan fingerprint density at radius 2 is 1.86 bits per heavy atom. The molecule has 11 nitrogen and oxygen atoms in total. The number of imidazole rings is 1. The van der Waals surface area contributed by atoms with Gasteiger partial charge in [0.25, 0.3) is 0 Å². The zero-order chi connectivity index (χ0) is 24.7. The van der Waals surface area contributed by atoms with Gasteiger partial charge in [0.2, 0.25) is 5.28 Å². The quantitative estimate of drug-likeness (QED) is 0.181. The summed E-state index contributed by atoms with van der Waals surface area (Å²) >= 11 is 6.19. The van der Waals surface area contributed by atoms with Crippen LogP contribution in [0.2, 0.25) is 5.28 Å². The fraction of sp³-hybridized carbons (Fsp3) is 0.318. The van der Waals surface area contributed by atoms with Crippen LogP contribution >= 0.6 is 19.2 Å².